The highest BCUT2D eigenvalue weighted by Crippen LogP contribution is 2.41. The summed E-state index contributed by atoms with van der Waals surface area (Å²) in [4.78, 5) is 26.5. The van der Waals surface area contributed by atoms with Crippen molar-refractivity contribution in [2.45, 2.75) is 31.7 Å². The summed E-state index contributed by atoms with van der Waals surface area (Å²) < 4.78 is 10.9. The molecule has 1 amide bonds. The first kappa shape index (κ1) is 24.6. The zero-order valence-corrected chi connectivity index (χ0v) is 20.3. The lowest BCUT2D eigenvalue weighted by atomic mass is 9.87. The zero-order chi connectivity index (χ0) is 24.8. The number of carboxylic acid groups (broad SMARTS) is 1. The van der Waals surface area contributed by atoms with Crippen LogP contribution in [0.3, 0.4) is 0 Å². The molecule has 0 saturated heterocycles. The molecule has 0 spiro atoms. The van der Waals surface area contributed by atoms with Crippen molar-refractivity contribution in [3.8, 4) is 11.5 Å². The van der Waals surface area contributed by atoms with Gasteiger partial charge in [0, 0.05) is 23.6 Å². The van der Waals surface area contributed by atoms with Crippen molar-refractivity contribution in [2.24, 2.45) is 0 Å². The molecule has 7 heteroatoms. The van der Waals surface area contributed by atoms with Gasteiger partial charge in [0.2, 0.25) is 5.91 Å². The summed E-state index contributed by atoms with van der Waals surface area (Å²) in [5, 5.41) is 9.63. The van der Waals surface area contributed by atoms with Crippen LogP contribution in [0.15, 0.2) is 66.7 Å². The van der Waals surface area contributed by atoms with Crippen LogP contribution in [0.1, 0.15) is 41.1 Å². The van der Waals surface area contributed by atoms with Crippen molar-refractivity contribution in [1.82, 2.24) is 4.90 Å². The van der Waals surface area contributed by atoms with Crippen LogP contribution >= 0.6 is 11.6 Å². The fourth-order valence-electron chi connectivity index (χ4n) is 4.59. The SMILES string of the molecule is COc1cccc(CCCC(=O)N2CCc3ccccc3C2c2cc(Cl)ccc2OCC(=O)O)c1. The van der Waals surface area contributed by atoms with Gasteiger partial charge in [0.15, 0.2) is 6.61 Å². The van der Waals surface area contributed by atoms with Gasteiger partial charge in [0.25, 0.3) is 0 Å². The molecule has 6 nitrogen and oxygen atoms in total. The van der Waals surface area contributed by atoms with Crippen LogP contribution in [-0.4, -0.2) is 42.1 Å². The molecule has 3 aromatic rings. The molecule has 1 N–H and O–H groups in total. The van der Waals surface area contributed by atoms with Crippen molar-refractivity contribution >= 4 is 23.5 Å². The topological polar surface area (TPSA) is 76.1 Å². The Hall–Kier alpha value is -3.51. The summed E-state index contributed by atoms with van der Waals surface area (Å²) in [5.74, 6) is 0.182. The molecule has 182 valence electrons. The van der Waals surface area contributed by atoms with Crippen molar-refractivity contribution in [2.75, 3.05) is 20.3 Å². The van der Waals surface area contributed by atoms with Crippen LogP contribution in [0.5, 0.6) is 11.5 Å². The standard InChI is InChI=1S/C28H28ClNO5/c1-34-22-9-4-6-19(16-22)7-5-11-26(31)30-15-14-20-8-2-3-10-23(20)28(30)24-17-21(29)12-13-25(24)35-18-27(32)33/h2-4,6,8-10,12-13,16-17,28H,5,7,11,14-15,18H2,1H3,(H,32,33). The molecule has 0 aliphatic carbocycles. The number of ether oxygens (including phenoxy) is 2. The van der Waals surface area contributed by atoms with E-state index in [9.17, 15) is 9.59 Å². The molecule has 0 radical (unpaired) electrons. The Morgan fingerprint density at radius 2 is 1.89 bits per heavy atom. The number of halogens is 1. The molecule has 0 bridgehead atoms. The first-order chi connectivity index (χ1) is 17.0. The van der Waals surface area contributed by atoms with Crippen LogP contribution in [0.2, 0.25) is 5.02 Å². The quantitative estimate of drug-likeness (QED) is 0.437. The number of carbonyl (C=O) groups excluding carboxylic acids is 1. The van der Waals surface area contributed by atoms with Gasteiger partial charge in [0.05, 0.1) is 13.2 Å². The van der Waals surface area contributed by atoms with Crippen molar-refractivity contribution in [3.05, 3.63) is 94.0 Å². The van der Waals surface area contributed by atoms with Crippen LogP contribution in [0.4, 0.5) is 0 Å². The second kappa shape index (κ2) is 11.3. The number of aryl methyl sites for hydroxylation is 1. The Morgan fingerprint density at radius 3 is 2.69 bits per heavy atom. The monoisotopic (exact) mass is 493 g/mol. The molecule has 1 aliphatic rings. The number of nitrogens with zero attached hydrogens (tertiary/aromatic N) is 1. The summed E-state index contributed by atoms with van der Waals surface area (Å²) in [5.41, 5.74) is 3.97. The maximum atomic E-state index is 13.5. The normalized spacial score (nSPS) is 14.8. The lowest BCUT2D eigenvalue weighted by Crippen LogP contribution is -2.40. The minimum Gasteiger partial charge on any atom is -0.497 e. The van der Waals surface area contributed by atoms with Gasteiger partial charge < -0.3 is 19.5 Å². The Kier molecular flexibility index (Phi) is 7.93. The Balaban J connectivity index is 1.60. The van der Waals surface area contributed by atoms with Gasteiger partial charge in [-0.05, 0) is 66.3 Å². The third kappa shape index (κ3) is 5.95. The predicted molar refractivity (Wildman–Crippen MR) is 134 cm³/mol. The maximum absolute atomic E-state index is 13.5. The number of aliphatic carboxylic acids is 1. The maximum Gasteiger partial charge on any atom is 0.341 e. The molecule has 3 aromatic carbocycles. The number of benzene rings is 3. The molecule has 1 aliphatic heterocycles. The summed E-state index contributed by atoms with van der Waals surface area (Å²) in [6.45, 7) is 0.0854. The van der Waals surface area contributed by atoms with E-state index in [1.54, 1.807) is 25.3 Å². The van der Waals surface area contributed by atoms with E-state index in [0.717, 1.165) is 35.3 Å². The van der Waals surface area contributed by atoms with E-state index in [4.69, 9.17) is 26.2 Å². The zero-order valence-electron chi connectivity index (χ0n) is 19.6. The number of methoxy groups -OCH3 is 1. The highest BCUT2D eigenvalue weighted by atomic mass is 35.5. The summed E-state index contributed by atoms with van der Waals surface area (Å²) in [7, 11) is 1.64. The summed E-state index contributed by atoms with van der Waals surface area (Å²) in [6, 6.07) is 20.6. The minimum absolute atomic E-state index is 0.0385. The molecular weight excluding hydrogens is 466 g/mol. The van der Waals surface area contributed by atoms with E-state index >= 15 is 0 Å². The van der Waals surface area contributed by atoms with Crippen LogP contribution in [0, 0.1) is 0 Å². The van der Waals surface area contributed by atoms with E-state index < -0.39 is 18.6 Å². The minimum atomic E-state index is -1.07. The van der Waals surface area contributed by atoms with Gasteiger partial charge >= 0.3 is 5.97 Å². The molecule has 4 rings (SSSR count). The number of carbonyl (C=O) groups is 2. The van der Waals surface area contributed by atoms with Gasteiger partial charge in [-0.2, -0.15) is 0 Å². The molecular formula is C28H28ClNO5. The lowest BCUT2D eigenvalue weighted by molar-refractivity contribution is -0.139. The number of amides is 1. The van der Waals surface area contributed by atoms with Gasteiger partial charge in [-0.1, -0.05) is 48.0 Å². The van der Waals surface area contributed by atoms with E-state index in [0.29, 0.717) is 35.7 Å². The predicted octanol–water partition coefficient (Wildman–Crippen LogP) is 5.31. The van der Waals surface area contributed by atoms with Crippen molar-refractivity contribution < 1.29 is 24.2 Å². The molecule has 0 saturated carbocycles. The molecule has 0 fully saturated rings. The van der Waals surface area contributed by atoms with Gasteiger partial charge in [0.1, 0.15) is 11.5 Å². The summed E-state index contributed by atoms with van der Waals surface area (Å²) in [6.07, 6.45) is 2.61. The number of hydrogen-bond donors (Lipinski definition) is 1. The smallest absolute Gasteiger partial charge is 0.341 e. The number of hydrogen-bond acceptors (Lipinski definition) is 4. The van der Waals surface area contributed by atoms with E-state index in [-0.39, 0.29) is 5.91 Å². The van der Waals surface area contributed by atoms with Gasteiger partial charge in [-0.15, -0.1) is 0 Å². The van der Waals surface area contributed by atoms with Crippen molar-refractivity contribution in [1.29, 1.82) is 0 Å². The molecule has 1 unspecified atom stereocenters. The Labute approximate surface area is 210 Å². The van der Waals surface area contributed by atoms with Crippen molar-refractivity contribution in [3.63, 3.8) is 0 Å². The number of carboxylic acids is 1. The fraction of sp³-hybridized carbons (Fsp3) is 0.286. The van der Waals surface area contributed by atoms with Crippen LogP contribution in [0.25, 0.3) is 0 Å². The van der Waals surface area contributed by atoms with Gasteiger partial charge in [-0.25, -0.2) is 4.79 Å². The second-order valence-electron chi connectivity index (χ2n) is 8.51. The fourth-order valence-corrected chi connectivity index (χ4v) is 4.77. The highest BCUT2D eigenvalue weighted by Gasteiger charge is 2.33. The lowest BCUT2D eigenvalue weighted by Gasteiger charge is -2.38. The first-order valence-electron chi connectivity index (χ1n) is 11.6. The molecule has 1 heterocycles. The third-order valence-electron chi connectivity index (χ3n) is 6.21. The van der Waals surface area contributed by atoms with Gasteiger partial charge in [-0.3, -0.25) is 4.79 Å². The summed E-state index contributed by atoms with van der Waals surface area (Å²) >= 11 is 6.34. The van der Waals surface area contributed by atoms with Crippen LogP contribution in [-0.2, 0) is 22.4 Å². The Bertz CT molecular complexity index is 1210. The number of rotatable bonds is 9. The van der Waals surface area contributed by atoms with E-state index in [1.807, 2.05) is 47.4 Å². The van der Waals surface area contributed by atoms with E-state index in [1.165, 1.54) is 0 Å². The number of fused-ring (bicyclic) bond motifs is 1. The second-order valence-corrected chi connectivity index (χ2v) is 8.94. The molecule has 35 heavy (non-hydrogen) atoms. The van der Waals surface area contributed by atoms with Crippen LogP contribution < -0.4 is 9.47 Å². The first-order valence-corrected chi connectivity index (χ1v) is 12.0. The highest BCUT2D eigenvalue weighted by molar-refractivity contribution is 6.30. The average Bonchev–Trinajstić information content (AvgIpc) is 2.87. The Morgan fingerprint density at radius 1 is 1.06 bits per heavy atom. The molecule has 1 atom stereocenters. The van der Waals surface area contributed by atoms with E-state index in [2.05, 4.69) is 6.07 Å². The largest absolute Gasteiger partial charge is 0.497 e. The molecule has 0 aromatic heterocycles. The third-order valence-corrected chi connectivity index (χ3v) is 6.45. The average molecular weight is 494 g/mol.